The molecular formula is C12H28N2. The fourth-order valence-corrected chi connectivity index (χ4v) is 1.67. The number of nitrogens with zero attached hydrogens (tertiary/aromatic N) is 1. The molecule has 0 amide bonds. The van der Waals surface area contributed by atoms with E-state index < -0.39 is 0 Å². The van der Waals surface area contributed by atoms with Crippen LogP contribution < -0.4 is 5.84 Å². The van der Waals surface area contributed by atoms with E-state index in [-0.39, 0.29) is 0 Å². The summed E-state index contributed by atoms with van der Waals surface area (Å²) in [6.45, 7) is 6.54. The fraction of sp³-hybridized carbons (Fsp3) is 1.00. The van der Waals surface area contributed by atoms with Gasteiger partial charge in [-0.2, -0.15) is 0 Å². The van der Waals surface area contributed by atoms with Crippen molar-refractivity contribution in [2.24, 2.45) is 5.84 Å². The SMILES string of the molecule is CCCCCCCCCN(N)CCC. The van der Waals surface area contributed by atoms with Crippen LogP contribution in [0.1, 0.15) is 65.2 Å². The minimum atomic E-state index is 1.04. The number of rotatable bonds is 10. The molecule has 0 aliphatic rings. The summed E-state index contributed by atoms with van der Waals surface area (Å²) < 4.78 is 0. The molecule has 0 aliphatic carbocycles. The molecule has 0 atom stereocenters. The molecule has 0 radical (unpaired) electrons. The molecule has 0 rings (SSSR count). The molecule has 0 spiro atoms. The number of hydrogen-bond donors (Lipinski definition) is 1. The highest BCUT2D eigenvalue weighted by molar-refractivity contribution is 4.50. The summed E-state index contributed by atoms with van der Waals surface area (Å²) in [5, 5.41) is 1.95. The zero-order chi connectivity index (χ0) is 10.6. The first-order valence-corrected chi connectivity index (χ1v) is 6.30. The van der Waals surface area contributed by atoms with Crippen LogP contribution in [-0.2, 0) is 0 Å². The van der Waals surface area contributed by atoms with Crippen LogP contribution in [0.2, 0.25) is 0 Å². The van der Waals surface area contributed by atoms with E-state index in [0.29, 0.717) is 0 Å². The van der Waals surface area contributed by atoms with Crippen LogP contribution in [0.25, 0.3) is 0 Å². The molecule has 0 bridgehead atoms. The number of unbranched alkanes of at least 4 members (excludes halogenated alkanes) is 6. The Kier molecular flexibility index (Phi) is 10.9. The third-order valence-corrected chi connectivity index (χ3v) is 2.56. The van der Waals surface area contributed by atoms with Gasteiger partial charge in [0.1, 0.15) is 0 Å². The predicted octanol–water partition coefficient (Wildman–Crippen LogP) is 3.32. The summed E-state index contributed by atoms with van der Waals surface area (Å²) in [6.07, 6.45) is 10.7. The molecule has 2 heteroatoms. The number of hydrogen-bond acceptors (Lipinski definition) is 2. The highest BCUT2D eigenvalue weighted by atomic mass is 15.4. The quantitative estimate of drug-likeness (QED) is 0.333. The lowest BCUT2D eigenvalue weighted by Gasteiger charge is -2.14. The van der Waals surface area contributed by atoms with Crippen molar-refractivity contribution in [3.63, 3.8) is 0 Å². The second-order valence-electron chi connectivity index (χ2n) is 4.16. The van der Waals surface area contributed by atoms with Gasteiger partial charge in [-0.25, -0.2) is 5.01 Å². The van der Waals surface area contributed by atoms with E-state index >= 15 is 0 Å². The molecule has 0 aromatic heterocycles. The van der Waals surface area contributed by atoms with Crippen molar-refractivity contribution in [3.8, 4) is 0 Å². The maximum Gasteiger partial charge on any atom is 0.0128 e. The second-order valence-corrected chi connectivity index (χ2v) is 4.16. The van der Waals surface area contributed by atoms with E-state index in [2.05, 4.69) is 13.8 Å². The van der Waals surface area contributed by atoms with Crippen molar-refractivity contribution < 1.29 is 0 Å². The normalized spacial score (nSPS) is 11.1. The molecule has 0 saturated heterocycles. The Morgan fingerprint density at radius 3 is 1.86 bits per heavy atom. The third kappa shape index (κ3) is 10.0. The molecule has 86 valence electrons. The van der Waals surface area contributed by atoms with Crippen LogP contribution in [0.4, 0.5) is 0 Å². The van der Waals surface area contributed by atoms with Crippen LogP contribution in [0.15, 0.2) is 0 Å². The lowest BCUT2D eigenvalue weighted by Crippen LogP contribution is -2.32. The minimum absolute atomic E-state index is 1.04. The molecule has 0 saturated carbocycles. The van der Waals surface area contributed by atoms with E-state index in [1.165, 1.54) is 44.9 Å². The standard InChI is InChI=1S/C12H28N2/c1-3-5-6-7-8-9-10-12-14(13)11-4-2/h3-13H2,1-2H3. The predicted molar refractivity (Wildman–Crippen MR) is 64.0 cm³/mol. The first-order chi connectivity index (χ1) is 6.81. The van der Waals surface area contributed by atoms with E-state index in [1.54, 1.807) is 0 Å². The van der Waals surface area contributed by atoms with Gasteiger partial charge < -0.3 is 0 Å². The molecule has 0 unspecified atom stereocenters. The number of hydrazine groups is 1. The molecular weight excluding hydrogens is 172 g/mol. The van der Waals surface area contributed by atoms with Gasteiger partial charge in [-0.15, -0.1) is 0 Å². The van der Waals surface area contributed by atoms with Crippen LogP contribution >= 0.6 is 0 Å². The molecule has 14 heavy (non-hydrogen) atoms. The Hall–Kier alpha value is -0.0800. The van der Waals surface area contributed by atoms with Gasteiger partial charge in [-0.3, -0.25) is 5.84 Å². The van der Waals surface area contributed by atoms with E-state index in [0.717, 1.165) is 19.5 Å². The Balaban J connectivity index is 2.98. The van der Waals surface area contributed by atoms with Crippen molar-refractivity contribution in [3.05, 3.63) is 0 Å². The Bertz CT molecular complexity index is 104. The van der Waals surface area contributed by atoms with Gasteiger partial charge in [0.05, 0.1) is 0 Å². The Morgan fingerprint density at radius 1 is 0.714 bits per heavy atom. The zero-order valence-corrected chi connectivity index (χ0v) is 10.1. The molecule has 0 aromatic rings. The molecule has 0 aliphatic heterocycles. The summed E-state index contributed by atoms with van der Waals surface area (Å²) in [5.41, 5.74) is 0. The van der Waals surface area contributed by atoms with Crippen LogP contribution in [0.5, 0.6) is 0 Å². The van der Waals surface area contributed by atoms with Gasteiger partial charge in [0.25, 0.3) is 0 Å². The van der Waals surface area contributed by atoms with Crippen LogP contribution in [0, 0.1) is 0 Å². The minimum Gasteiger partial charge on any atom is -0.269 e. The van der Waals surface area contributed by atoms with Crippen molar-refractivity contribution in [1.82, 2.24) is 5.01 Å². The average molecular weight is 200 g/mol. The summed E-state index contributed by atoms with van der Waals surface area (Å²) in [4.78, 5) is 0. The van der Waals surface area contributed by atoms with Crippen LogP contribution in [0.3, 0.4) is 0 Å². The van der Waals surface area contributed by atoms with Crippen LogP contribution in [-0.4, -0.2) is 18.1 Å². The molecule has 0 aromatic carbocycles. The van der Waals surface area contributed by atoms with E-state index in [9.17, 15) is 0 Å². The zero-order valence-electron chi connectivity index (χ0n) is 10.1. The largest absolute Gasteiger partial charge is 0.269 e. The van der Waals surface area contributed by atoms with Gasteiger partial charge >= 0.3 is 0 Å². The van der Waals surface area contributed by atoms with Gasteiger partial charge in [0, 0.05) is 13.1 Å². The summed E-state index contributed by atoms with van der Waals surface area (Å²) in [7, 11) is 0. The highest BCUT2D eigenvalue weighted by Crippen LogP contribution is 2.06. The fourth-order valence-electron chi connectivity index (χ4n) is 1.67. The smallest absolute Gasteiger partial charge is 0.0128 e. The summed E-state index contributed by atoms with van der Waals surface area (Å²) in [6, 6.07) is 0. The maximum absolute atomic E-state index is 5.78. The molecule has 2 nitrogen and oxygen atoms in total. The average Bonchev–Trinajstić information content (AvgIpc) is 2.17. The molecule has 0 fully saturated rings. The first kappa shape index (κ1) is 13.9. The number of nitrogens with two attached hydrogens (primary N) is 1. The summed E-state index contributed by atoms with van der Waals surface area (Å²) in [5.74, 6) is 5.78. The van der Waals surface area contributed by atoms with Crippen molar-refractivity contribution in [2.45, 2.75) is 65.2 Å². The Morgan fingerprint density at radius 2 is 1.29 bits per heavy atom. The van der Waals surface area contributed by atoms with Crippen molar-refractivity contribution in [1.29, 1.82) is 0 Å². The first-order valence-electron chi connectivity index (χ1n) is 6.30. The monoisotopic (exact) mass is 200 g/mol. The highest BCUT2D eigenvalue weighted by Gasteiger charge is 1.96. The maximum atomic E-state index is 5.78. The molecule has 0 heterocycles. The van der Waals surface area contributed by atoms with Crippen molar-refractivity contribution in [2.75, 3.05) is 13.1 Å². The summed E-state index contributed by atoms with van der Waals surface area (Å²) >= 11 is 0. The lowest BCUT2D eigenvalue weighted by molar-refractivity contribution is 0.276. The van der Waals surface area contributed by atoms with Gasteiger partial charge in [0.2, 0.25) is 0 Å². The van der Waals surface area contributed by atoms with E-state index in [4.69, 9.17) is 5.84 Å². The van der Waals surface area contributed by atoms with Crippen molar-refractivity contribution >= 4 is 0 Å². The second kappa shape index (κ2) is 11.0. The van der Waals surface area contributed by atoms with Gasteiger partial charge in [0.15, 0.2) is 0 Å². The lowest BCUT2D eigenvalue weighted by atomic mass is 10.1. The Labute approximate surface area is 89.8 Å². The van der Waals surface area contributed by atoms with Gasteiger partial charge in [-0.05, 0) is 12.8 Å². The third-order valence-electron chi connectivity index (χ3n) is 2.56. The van der Waals surface area contributed by atoms with Gasteiger partial charge in [-0.1, -0.05) is 52.4 Å². The van der Waals surface area contributed by atoms with E-state index in [1.807, 2.05) is 5.01 Å². The topological polar surface area (TPSA) is 29.3 Å². The molecule has 2 N–H and O–H groups in total.